The van der Waals surface area contributed by atoms with Crippen LogP contribution in [0.4, 0.5) is 0 Å². The van der Waals surface area contributed by atoms with Crippen LogP contribution in [0.15, 0.2) is 4.99 Å². The molecule has 136 valence electrons. The number of carbonyl (C=O) groups excluding carboxylic acids is 1. The number of nitrogens with one attached hydrogen (secondary N) is 1. The van der Waals surface area contributed by atoms with E-state index in [4.69, 9.17) is 0 Å². The van der Waals surface area contributed by atoms with Gasteiger partial charge in [0.2, 0.25) is 5.91 Å². The highest BCUT2D eigenvalue weighted by molar-refractivity contribution is 14.0. The maximum absolute atomic E-state index is 11.8. The Morgan fingerprint density at radius 1 is 1.17 bits per heavy atom. The molecule has 1 saturated carbocycles. The van der Waals surface area contributed by atoms with E-state index in [1.807, 2.05) is 0 Å². The average molecular weight is 438 g/mol. The van der Waals surface area contributed by atoms with E-state index in [1.54, 1.807) is 19.0 Å². The Bertz CT molecular complexity index is 355. The molecule has 0 aliphatic heterocycles. The fourth-order valence-electron chi connectivity index (χ4n) is 2.72. The van der Waals surface area contributed by atoms with Crippen molar-refractivity contribution in [3.63, 3.8) is 0 Å². The van der Waals surface area contributed by atoms with E-state index >= 15 is 0 Å². The van der Waals surface area contributed by atoms with Gasteiger partial charge in [-0.3, -0.25) is 4.79 Å². The van der Waals surface area contributed by atoms with Crippen LogP contribution in [-0.4, -0.2) is 62.4 Å². The van der Waals surface area contributed by atoms with Crippen molar-refractivity contribution in [2.24, 2.45) is 10.9 Å². The molecular weight excluding hydrogens is 403 g/mol. The van der Waals surface area contributed by atoms with Gasteiger partial charge in [0.05, 0.1) is 0 Å². The minimum absolute atomic E-state index is 0. The maximum Gasteiger partial charge on any atom is 0.243 e. The van der Waals surface area contributed by atoms with Crippen molar-refractivity contribution >= 4 is 35.8 Å². The van der Waals surface area contributed by atoms with Gasteiger partial charge in [-0.05, 0) is 25.2 Å². The van der Waals surface area contributed by atoms with E-state index in [2.05, 4.69) is 29.2 Å². The van der Waals surface area contributed by atoms with Crippen molar-refractivity contribution in [1.29, 1.82) is 0 Å². The molecule has 1 aliphatic rings. The molecule has 6 heteroatoms. The predicted octanol–water partition coefficient (Wildman–Crippen LogP) is 2.95. The number of carbonyl (C=O) groups is 1. The lowest BCUT2D eigenvalue weighted by Crippen LogP contribution is -2.42. The number of unbranched alkanes of at least 4 members (excludes halogenated alkanes) is 1. The fourth-order valence-corrected chi connectivity index (χ4v) is 2.72. The molecular formula is C17H35IN4O. The molecule has 0 unspecified atom stereocenters. The van der Waals surface area contributed by atoms with Crippen LogP contribution in [0.3, 0.4) is 0 Å². The van der Waals surface area contributed by atoms with E-state index in [9.17, 15) is 4.79 Å². The molecule has 23 heavy (non-hydrogen) atoms. The molecule has 5 nitrogen and oxygen atoms in total. The lowest BCUT2D eigenvalue weighted by molar-refractivity contribution is -0.127. The van der Waals surface area contributed by atoms with Crippen molar-refractivity contribution in [3.05, 3.63) is 0 Å². The molecule has 1 amide bonds. The van der Waals surface area contributed by atoms with Gasteiger partial charge in [-0.1, -0.05) is 32.6 Å². The third-order valence-electron chi connectivity index (χ3n) is 4.35. The molecule has 0 radical (unpaired) electrons. The van der Waals surface area contributed by atoms with E-state index in [0.29, 0.717) is 0 Å². The Morgan fingerprint density at radius 2 is 1.83 bits per heavy atom. The van der Waals surface area contributed by atoms with Crippen molar-refractivity contribution < 1.29 is 4.79 Å². The van der Waals surface area contributed by atoms with Crippen LogP contribution in [0.5, 0.6) is 0 Å². The third-order valence-corrected chi connectivity index (χ3v) is 4.35. The molecule has 0 heterocycles. The number of hydrogen-bond acceptors (Lipinski definition) is 2. The van der Waals surface area contributed by atoms with Gasteiger partial charge in [0.15, 0.2) is 5.96 Å². The molecule has 1 N–H and O–H groups in total. The molecule has 1 fully saturated rings. The first kappa shape index (κ1) is 22.5. The van der Waals surface area contributed by atoms with Crippen molar-refractivity contribution in [2.75, 3.05) is 40.8 Å². The van der Waals surface area contributed by atoms with Gasteiger partial charge in [0.25, 0.3) is 0 Å². The smallest absolute Gasteiger partial charge is 0.243 e. The first-order chi connectivity index (χ1) is 10.5. The van der Waals surface area contributed by atoms with E-state index < -0.39 is 0 Å². The largest absolute Gasteiger partial charge is 0.356 e. The summed E-state index contributed by atoms with van der Waals surface area (Å²) < 4.78 is 0. The Kier molecular flexibility index (Phi) is 12.5. The standard InChI is InChI=1S/C17H34N4O.HI/c1-5-6-12-21(4)17(19-14-16(22)20(2)3)18-13-15-10-8-7-9-11-15;/h15H,5-14H2,1-4H3,(H,18,19);1H. The Hall–Kier alpha value is -0.530. The van der Waals surface area contributed by atoms with E-state index in [0.717, 1.165) is 37.8 Å². The van der Waals surface area contributed by atoms with Crippen LogP contribution in [-0.2, 0) is 4.79 Å². The number of rotatable bonds is 7. The lowest BCUT2D eigenvalue weighted by atomic mass is 9.89. The Labute approximate surface area is 159 Å². The summed E-state index contributed by atoms with van der Waals surface area (Å²) in [6, 6.07) is 0. The first-order valence-electron chi connectivity index (χ1n) is 8.74. The second kappa shape index (κ2) is 12.8. The van der Waals surface area contributed by atoms with E-state index in [1.165, 1.54) is 32.1 Å². The quantitative estimate of drug-likeness (QED) is 0.378. The fraction of sp³-hybridized carbons (Fsp3) is 0.882. The first-order valence-corrected chi connectivity index (χ1v) is 8.74. The van der Waals surface area contributed by atoms with Crippen LogP contribution in [0.2, 0.25) is 0 Å². The van der Waals surface area contributed by atoms with Crippen molar-refractivity contribution in [3.8, 4) is 0 Å². The zero-order valence-corrected chi connectivity index (χ0v) is 17.6. The van der Waals surface area contributed by atoms with Crippen LogP contribution in [0.25, 0.3) is 0 Å². The SMILES string of the molecule is CCCCN(C)C(=NCC(=O)N(C)C)NCC1CCCCC1.I. The summed E-state index contributed by atoms with van der Waals surface area (Å²) in [6.07, 6.45) is 9.02. The van der Waals surface area contributed by atoms with Gasteiger partial charge in [-0.25, -0.2) is 4.99 Å². The summed E-state index contributed by atoms with van der Waals surface area (Å²) in [5, 5.41) is 3.50. The summed E-state index contributed by atoms with van der Waals surface area (Å²) >= 11 is 0. The van der Waals surface area contributed by atoms with E-state index in [-0.39, 0.29) is 36.4 Å². The van der Waals surface area contributed by atoms with Gasteiger partial charge in [-0.15, -0.1) is 24.0 Å². The normalized spacial score (nSPS) is 15.7. The summed E-state index contributed by atoms with van der Waals surface area (Å²) in [6.45, 7) is 4.36. The molecule has 0 bridgehead atoms. The second-order valence-corrected chi connectivity index (χ2v) is 6.59. The molecule has 0 atom stereocenters. The number of likely N-dealkylation sites (N-methyl/N-ethyl adjacent to an activating group) is 1. The third kappa shape index (κ3) is 9.37. The highest BCUT2D eigenvalue weighted by atomic mass is 127. The van der Waals surface area contributed by atoms with Gasteiger partial charge in [-0.2, -0.15) is 0 Å². The highest BCUT2D eigenvalue weighted by Crippen LogP contribution is 2.22. The zero-order valence-electron chi connectivity index (χ0n) is 15.3. The Balaban J connectivity index is 0.00000484. The number of amides is 1. The van der Waals surface area contributed by atoms with Gasteiger partial charge >= 0.3 is 0 Å². The molecule has 0 aromatic carbocycles. The minimum Gasteiger partial charge on any atom is -0.356 e. The van der Waals surface area contributed by atoms with Crippen molar-refractivity contribution in [1.82, 2.24) is 15.1 Å². The molecule has 1 aliphatic carbocycles. The summed E-state index contributed by atoms with van der Waals surface area (Å²) in [7, 11) is 5.60. The topological polar surface area (TPSA) is 47.9 Å². The predicted molar refractivity (Wildman–Crippen MR) is 109 cm³/mol. The van der Waals surface area contributed by atoms with Crippen LogP contribution in [0, 0.1) is 5.92 Å². The monoisotopic (exact) mass is 438 g/mol. The number of halogens is 1. The number of hydrogen-bond donors (Lipinski definition) is 1. The van der Waals surface area contributed by atoms with Crippen LogP contribution < -0.4 is 5.32 Å². The van der Waals surface area contributed by atoms with Gasteiger partial charge < -0.3 is 15.1 Å². The highest BCUT2D eigenvalue weighted by Gasteiger charge is 2.15. The summed E-state index contributed by atoms with van der Waals surface area (Å²) in [5.41, 5.74) is 0. The molecule has 0 spiro atoms. The van der Waals surface area contributed by atoms with Gasteiger partial charge in [0, 0.05) is 34.2 Å². The van der Waals surface area contributed by atoms with Gasteiger partial charge in [0.1, 0.15) is 6.54 Å². The second-order valence-electron chi connectivity index (χ2n) is 6.59. The number of aliphatic imine (C=N–C) groups is 1. The summed E-state index contributed by atoms with van der Waals surface area (Å²) in [4.78, 5) is 20.0. The molecule has 0 saturated heterocycles. The zero-order chi connectivity index (χ0) is 16.4. The number of guanidine groups is 1. The maximum atomic E-state index is 11.8. The average Bonchev–Trinajstić information content (AvgIpc) is 2.53. The van der Waals surface area contributed by atoms with Crippen molar-refractivity contribution in [2.45, 2.75) is 51.9 Å². The molecule has 1 rings (SSSR count). The Morgan fingerprint density at radius 3 is 2.39 bits per heavy atom. The molecule has 0 aromatic rings. The lowest BCUT2D eigenvalue weighted by Gasteiger charge is -2.26. The minimum atomic E-state index is 0. The van der Waals surface area contributed by atoms with Crippen LogP contribution >= 0.6 is 24.0 Å². The number of nitrogens with zero attached hydrogens (tertiary/aromatic N) is 3. The molecule has 0 aromatic heterocycles. The summed E-state index contributed by atoms with van der Waals surface area (Å²) in [5.74, 6) is 1.66. The van der Waals surface area contributed by atoms with Crippen LogP contribution in [0.1, 0.15) is 51.9 Å².